The normalized spacial score (nSPS) is 30.5. The zero-order chi connectivity index (χ0) is 18.7. The molecule has 0 radical (unpaired) electrons. The Hall–Kier alpha value is -1.61. The van der Waals surface area contributed by atoms with Crippen molar-refractivity contribution in [1.82, 2.24) is 0 Å². The van der Waals surface area contributed by atoms with Gasteiger partial charge in [-0.3, -0.25) is 4.79 Å². The van der Waals surface area contributed by atoms with Crippen LogP contribution in [0.3, 0.4) is 0 Å². The molecule has 2 atom stereocenters. The number of aliphatic hydroxyl groups excluding tert-OH is 1. The molecule has 0 heterocycles. The lowest BCUT2D eigenvalue weighted by Crippen LogP contribution is -2.37. The number of carbonyl (C=O) groups is 1. The largest absolute Gasteiger partial charge is 0.490 e. The number of halogens is 3. The zero-order valence-corrected chi connectivity index (χ0v) is 14.3. The summed E-state index contributed by atoms with van der Waals surface area (Å²) in [6.07, 6.45) is -4.33. The van der Waals surface area contributed by atoms with Gasteiger partial charge in [-0.05, 0) is 31.9 Å². The number of Topliss-reactive ketones (excluding diaryl/α,β-unsaturated/α-hetero) is 1. The second-order valence-corrected chi connectivity index (χ2v) is 8.60. The van der Waals surface area contributed by atoms with Crippen molar-refractivity contribution in [3.63, 3.8) is 0 Å². The lowest BCUT2D eigenvalue weighted by molar-refractivity contribution is -0.144. The average molecular weight is 378 g/mol. The SMILES string of the molecule is CC(=O)C1CC(Oc2ccc(S(C)(=O)=O)c3c2[C@@H](F)C(F)(F)[C@H]3O)C1. The van der Waals surface area contributed by atoms with Crippen LogP contribution in [0.15, 0.2) is 17.0 Å². The van der Waals surface area contributed by atoms with Gasteiger partial charge >= 0.3 is 5.92 Å². The van der Waals surface area contributed by atoms with Gasteiger partial charge in [-0.1, -0.05) is 0 Å². The zero-order valence-electron chi connectivity index (χ0n) is 13.5. The first kappa shape index (κ1) is 18.2. The van der Waals surface area contributed by atoms with Crippen LogP contribution in [0.25, 0.3) is 0 Å². The van der Waals surface area contributed by atoms with Crippen molar-refractivity contribution in [3.05, 3.63) is 23.3 Å². The molecule has 0 unspecified atom stereocenters. The predicted molar refractivity (Wildman–Crippen MR) is 81.1 cm³/mol. The molecule has 1 aromatic rings. The van der Waals surface area contributed by atoms with Crippen molar-refractivity contribution in [2.24, 2.45) is 5.92 Å². The molecule has 0 aromatic heterocycles. The standard InChI is InChI=1S/C16H17F3O5S/c1-7(20)8-5-9(6-8)24-10-3-4-11(25(2,22)23)13-12(10)14(17)16(18,19)15(13)21/h3-4,8-9,14-15,21H,5-6H2,1-2H3/t8?,9?,14-,15+/m1/s1. The third-order valence-corrected chi connectivity index (χ3v) is 5.95. The molecule has 1 saturated carbocycles. The van der Waals surface area contributed by atoms with E-state index >= 15 is 0 Å². The molecule has 0 amide bonds. The molecule has 3 rings (SSSR count). The van der Waals surface area contributed by atoms with Crippen LogP contribution in [0.2, 0.25) is 0 Å². The number of aliphatic hydroxyl groups is 1. The van der Waals surface area contributed by atoms with Gasteiger partial charge < -0.3 is 9.84 Å². The summed E-state index contributed by atoms with van der Waals surface area (Å²) in [5.74, 6) is -4.56. The molecule has 0 bridgehead atoms. The Morgan fingerprint density at radius 2 is 1.88 bits per heavy atom. The maximum absolute atomic E-state index is 14.3. The molecule has 2 aliphatic carbocycles. The third kappa shape index (κ3) is 2.83. The van der Waals surface area contributed by atoms with Crippen LogP contribution in [0.4, 0.5) is 13.2 Å². The molecule has 5 nitrogen and oxygen atoms in total. The third-order valence-electron chi connectivity index (χ3n) is 4.80. The van der Waals surface area contributed by atoms with E-state index in [4.69, 9.17) is 4.74 Å². The van der Waals surface area contributed by atoms with Crippen LogP contribution in [0.5, 0.6) is 5.75 Å². The van der Waals surface area contributed by atoms with Gasteiger partial charge in [0.25, 0.3) is 0 Å². The number of rotatable bonds is 4. The first-order chi connectivity index (χ1) is 11.4. The summed E-state index contributed by atoms with van der Waals surface area (Å²) in [6, 6.07) is 2.15. The number of hydrogen-bond acceptors (Lipinski definition) is 5. The van der Waals surface area contributed by atoms with E-state index in [1.165, 1.54) is 6.92 Å². The molecule has 0 spiro atoms. The fourth-order valence-corrected chi connectivity index (χ4v) is 4.20. The van der Waals surface area contributed by atoms with Crippen molar-refractivity contribution in [3.8, 4) is 5.75 Å². The van der Waals surface area contributed by atoms with E-state index in [1.807, 2.05) is 0 Å². The van der Waals surface area contributed by atoms with Gasteiger partial charge in [0.1, 0.15) is 23.7 Å². The summed E-state index contributed by atoms with van der Waals surface area (Å²) in [4.78, 5) is 10.7. The van der Waals surface area contributed by atoms with E-state index in [2.05, 4.69) is 0 Å². The second-order valence-electron chi connectivity index (χ2n) is 6.62. The van der Waals surface area contributed by atoms with Crippen molar-refractivity contribution in [1.29, 1.82) is 0 Å². The van der Waals surface area contributed by atoms with E-state index < -0.39 is 50.2 Å². The highest BCUT2D eigenvalue weighted by Gasteiger charge is 2.59. The Bertz CT molecular complexity index is 830. The first-order valence-corrected chi connectivity index (χ1v) is 9.57. The minimum atomic E-state index is -4.15. The molecule has 2 aliphatic rings. The van der Waals surface area contributed by atoms with E-state index in [1.54, 1.807) is 0 Å². The van der Waals surface area contributed by atoms with Crippen LogP contribution in [-0.2, 0) is 14.6 Å². The monoisotopic (exact) mass is 378 g/mol. The highest BCUT2D eigenvalue weighted by Crippen LogP contribution is 2.57. The summed E-state index contributed by atoms with van der Waals surface area (Å²) in [5.41, 5.74) is -1.29. The summed E-state index contributed by atoms with van der Waals surface area (Å²) < 4.78 is 71.4. The molecular formula is C16H17F3O5S. The lowest BCUT2D eigenvalue weighted by atomic mass is 9.80. The van der Waals surface area contributed by atoms with E-state index in [0.717, 1.165) is 18.4 Å². The van der Waals surface area contributed by atoms with Crippen molar-refractivity contribution in [2.45, 2.75) is 49.0 Å². The van der Waals surface area contributed by atoms with E-state index in [0.29, 0.717) is 12.8 Å². The molecule has 1 fully saturated rings. The predicted octanol–water partition coefficient (Wildman–Crippen LogP) is 2.53. The first-order valence-electron chi connectivity index (χ1n) is 7.68. The molecule has 1 N–H and O–H groups in total. The molecule has 0 saturated heterocycles. The Kier molecular flexibility index (Phi) is 4.15. The Morgan fingerprint density at radius 3 is 2.40 bits per heavy atom. The van der Waals surface area contributed by atoms with E-state index in [9.17, 15) is 31.5 Å². The van der Waals surface area contributed by atoms with Gasteiger partial charge in [-0.15, -0.1) is 0 Å². The molecule has 0 aliphatic heterocycles. The minimum Gasteiger partial charge on any atom is -0.490 e. The molecule has 9 heteroatoms. The number of hydrogen-bond donors (Lipinski definition) is 1. The summed E-state index contributed by atoms with van der Waals surface area (Å²) in [7, 11) is -3.95. The number of benzene rings is 1. The highest BCUT2D eigenvalue weighted by atomic mass is 32.2. The van der Waals surface area contributed by atoms with E-state index in [-0.39, 0.29) is 17.5 Å². The van der Waals surface area contributed by atoms with Crippen LogP contribution >= 0.6 is 0 Å². The molecule has 138 valence electrons. The van der Waals surface area contributed by atoms with Crippen LogP contribution in [0.1, 0.15) is 43.2 Å². The number of ketones is 1. The van der Waals surface area contributed by atoms with Gasteiger partial charge in [-0.2, -0.15) is 8.78 Å². The number of fused-ring (bicyclic) bond motifs is 1. The maximum atomic E-state index is 14.3. The van der Waals surface area contributed by atoms with Crippen LogP contribution < -0.4 is 4.74 Å². The van der Waals surface area contributed by atoms with Gasteiger partial charge in [0.05, 0.1) is 4.90 Å². The summed E-state index contributed by atoms with van der Waals surface area (Å²) >= 11 is 0. The smallest absolute Gasteiger partial charge is 0.312 e. The van der Waals surface area contributed by atoms with Crippen LogP contribution in [-0.4, -0.2) is 37.6 Å². The minimum absolute atomic E-state index is 0.0113. The number of sulfone groups is 1. The van der Waals surface area contributed by atoms with Gasteiger partial charge in [0.2, 0.25) is 0 Å². The second kappa shape index (κ2) is 5.70. The van der Waals surface area contributed by atoms with Gasteiger partial charge in [0.15, 0.2) is 16.0 Å². The molecule has 1 aromatic carbocycles. The Morgan fingerprint density at radius 1 is 1.28 bits per heavy atom. The van der Waals surface area contributed by atoms with Crippen LogP contribution in [0, 0.1) is 5.92 Å². The average Bonchev–Trinajstić information content (AvgIpc) is 2.62. The van der Waals surface area contributed by atoms with Gasteiger partial charge in [0, 0.05) is 23.3 Å². The molecular weight excluding hydrogens is 361 g/mol. The number of ether oxygens (including phenoxy) is 1. The van der Waals surface area contributed by atoms with Crippen molar-refractivity contribution in [2.75, 3.05) is 6.26 Å². The number of alkyl halides is 3. The Balaban J connectivity index is 2.02. The molecule has 25 heavy (non-hydrogen) atoms. The van der Waals surface area contributed by atoms with Crippen molar-refractivity contribution < 1.29 is 36.2 Å². The van der Waals surface area contributed by atoms with Crippen molar-refractivity contribution >= 4 is 15.6 Å². The quantitative estimate of drug-likeness (QED) is 0.871. The summed E-state index contributed by atoms with van der Waals surface area (Å²) in [6.45, 7) is 1.44. The fraction of sp³-hybridized carbons (Fsp3) is 0.562. The highest BCUT2D eigenvalue weighted by molar-refractivity contribution is 7.90. The topological polar surface area (TPSA) is 80.7 Å². The Labute approximate surface area is 142 Å². The van der Waals surface area contributed by atoms with Gasteiger partial charge in [-0.25, -0.2) is 12.8 Å². The number of carbonyl (C=O) groups excluding carboxylic acids is 1. The summed E-state index contributed by atoms with van der Waals surface area (Å²) in [5, 5.41) is 9.81. The lowest BCUT2D eigenvalue weighted by Gasteiger charge is -2.34. The maximum Gasteiger partial charge on any atom is 0.312 e. The fourth-order valence-electron chi connectivity index (χ4n) is 3.26.